The predicted octanol–water partition coefficient (Wildman–Crippen LogP) is 5.41. The third-order valence-electron chi connectivity index (χ3n) is 7.38. The number of anilines is 2. The molecule has 2 atom stereocenters. The van der Waals surface area contributed by atoms with Crippen LogP contribution in [0.25, 0.3) is 11.0 Å². The molecule has 0 aliphatic carbocycles. The van der Waals surface area contributed by atoms with Crippen LogP contribution in [0.5, 0.6) is 0 Å². The first-order valence-corrected chi connectivity index (χ1v) is 13.2. The molecule has 1 fully saturated rings. The van der Waals surface area contributed by atoms with Crippen molar-refractivity contribution in [1.29, 1.82) is 0 Å². The van der Waals surface area contributed by atoms with Crippen LogP contribution in [0.3, 0.4) is 0 Å². The summed E-state index contributed by atoms with van der Waals surface area (Å²) in [5.41, 5.74) is 3.24. The average molecular weight is 560 g/mol. The average Bonchev–Trinajstić information content (AvgIpc) is 3.57. The Bertz CT molecular complexity index is 1620. The Kier molecular flexibility index (Phi) is 6.55. The number of ether oxygens (including phenoxy) is 2. The number of benzene rings is 3. The van der Waals surface area contributed by atoms with Gasteiger partial charge in [0, 0.05) is 29.2 Å². The Hall–Kier alpha value is -4.57. The molecule has 0 radical (unpaired) electrons. The van der Waals surface area contributed by atoms with Crippen LogP contribution in [0.1, 0.15) is 29.3 Å². The number of aromatic amines is 1. The first-order valence-electron chi connectivity index (χ1n) is 12.8. The van der Waals surface area contributed by atoms with Crippen molar-refractivity contribution >= 4 is 52.1 Å². The number of rotatable bonds is 5. The fraction of sp³-hybridized carbons (Fsp3) is 0.241. The first-order chi connectivity index (χ1) is 19.3. The number of carbonyl (C=O) groups is 3. The van der Waals surface area contributed by atoms with Crippen molar-refractivity contribution in [3.63, 3.8) is 0 Å². The Labute approximate surface area is 234 Å². The molecule has 11 heteroatoms. The summed E-state index contributed by atoms with van der Waals surface area (Å²) in [5.74, 6) is -0.255. The van der Waals surface area contributed by atoms with Crippen molar-refractivity contribution in [3.05, 3.63) is 88.7 Å². The normalized spacial score (nSPS) is 18.6. The van der Waals surface area contributed by atoms with E-state index in [1.54, 1.807) is 41.3 Å². The maximum Gasteiger partial charge on any atom is 0.412 e. The summed E-state index contributed by atoms with van der Waals surface area (Å²) >= 11 is 6.29. The summed E-state index contributed by atoms with van der Waals surface area (Å²) in [6, 6.07) is 20.2. The third kappa shape index (κ3) is 4.82. The van der Waals surface area contributed by atoms with Crippen LogP contribution in [-0.2, 0) is 26.3 Å². The fourth-order valence-corrected chi connectivity index (χ4v) is 5.63. The number of H-pyrrole nitrogens is 1. The number of halogens is 1. The van der Waals surface area contributed by atoms with E-state index in [1.165, 1.54) is 7.11 Å². The molecule has 3 N–H and O–H groups in total. The SMILES string of the molecule is COC(=O)Nc1ccc2nc([C@@H](Cc3ccccc3)C(=O)N3CC[C@]4(C3)OC(=O)Nc3ccc(Cl)cc34)[nH]c2c1. The number of imidazole rings is 1. The van der Waals surface area contributed by atoms with E-state index in [0.29, 0.717) is 52.6 Å². The van der Waals surface area contributed by atoms with Gasteiger partial charge >= 0.3 is 12.2 Å². The van der Waals surface area contributed by atoms with Gasteiger partial charge in [-0.2, -0.15) is 0 Å². The Morgan fingerprint density at radius 3 is 2.80 bits per heavy atom. The maximum absolute atomic E-state index is 14.2. The molecule has 0 saturated carbocycles. The summed E-state index contributed by atoms with van der Waals surface area (Å²) < 4.78 is 10.5. The standard InChI is InChI=1S/C29H26ClN5O5/c1-39-27(37)31-19-8-10-23-24(15-19)33-25(32-23)20(13-17-5-3-2-4-6-17)26(36)35-12-11-29(16-35)21-14-18(30)7-9-22(21)34-28(38)40-29/h2-10,14-15,20H,11-13,16H2,1H3,(H,31,37)(H,32,33)(H,34,38)/t20-,29-/m1/s1. The van der Waals surface area contributed by atoms with Crippen LogP contribution in [0.2, 0.25) is 5.02 Å². The lowest BCUT2D eigenvalue weighted by atomic mass is 9.90. The van der Waals surface area contributed by atoms with E-state index in [2.05, 4.69) is 20.4 Å². The highest BCUT2D eigenvalue weighted by Crippen LogP contribution is 2.44. The van der Waals surface area contributed by atoms with Crippen molar-refractivity contribution in [2.24, 2.45) is 0 Å². The van der Waals surface area contributed by atoms with E-state index in [-0.39, 0.29) is 12.5 Å². The van der Waals surface area contributed by atoms with E-state index in [9.17, 15) is 14.4 Å². The smallest absolute Gasteiger partial charge is 0.412 e. The quantitative estimate of drug-likeness (QED) is 0.300. The van der Waals surface area contributed by atoms with Gasteiger partial charge in [0.1, 0.15) is 11.7 Å². The van der Waals surface area contributed by atoms with Crippen LogP contribution < -0.4 is 10.6 Å². The summed E-state index contributed by atoms with van der Waals surface area (Å²) in [7, 11) is 1.29. The summed E-state index contributed by atoms with van der Waals surface area (Å²) in [4.78, 5) is 48.0. The summed E-state index contributed by atoms with van der Waals surface area (Å²) in [6.45, 7) is 0.599. The van der Waals surface area contributed by atoms with Crippen LogP contribution >= 0.6 is 11.6 Å². The molecule has 3 aromatic carbocycles. The molecule has 4 aromatic rings. The number of methoxy groups -OCH3 is 1. The minimum Gasteiger partial charge on any atom is -0.453 e. The van der Waals surface area contributed by atoms with Gasteiger partial charge in [0.25, 0.3) is 0 Å². The minimum absolute atomic E-state index is 0.133. The zero-order valence-corrected chi connectivity index (χ0v) is 22.3. The van der Waals surface area contributed by atoms with E-state index >= 15 is 0 Å². The van der Waals surface area contributed by atoms with Gasteiger partial charge in [-0.3, -0.25) is 15.4 Å². The first kappa shape index (κ1) is 25.7. The number of nitrogens with zero attached hydrogens (tertiary/aromatic N) is 2. The van der Waals surface area contributed by atoms with Crippen LogP contribution in [-0.4, -0.2) is 53.2 Å². The van der Waals surface area contributed by atoms with E-state index in [1.807, 2.05) is 30.3 Å². The molecule has 3 amide bonds. The lowest BCUT2D eigenvalue weighted by Crippen LogP contribution is -2.43. The van der Waals surface area contributed by atoms with Crippen molar-refractivity contribution < 1.29 is 23.9 Å². The Balaban J connectivity index is 1.33. The summed E-state index contributed by atoms with van der Waals surface area (Å²) in [6.07, 6.45) is -0.278. The van der Waals surface area contributed by atoms with Crippen LogP contribution in [0, 0.1) is 0 Å². The largest absolute Gasteiger partial charge is 0.453 e. The second-order valence-corrected chi connectivity index (χ2v) is 10.4. The van der Waals surface area contributed by atoms with E-state index < -0.39 is 23.7 Å². The zero-order chi connectivity index (χ0) is 27.9. The highest BCUT2D eigenvalue weighted by atomic mass is 35.5. The molecular formula is C29H26ClN5O5. The number of hydrogen-bond donors (Lipinski definition) is 3. The molecule has 10 nitrogen and oxygen atoms in total. The van der Waals surface area contributed by atoms with E-state index in [4.69, 9.17) is 21.3 Å². The van der Waals surface area contributed by atoms with Gasteiger partial charge in [-0.15, -0.1) is 0 Å². The molecular weight excluding hydrogens is 534 g/mol. The van der Waals surface area contributed by atoms with Crippen molar-refractivity contribution in [2.75, 3.05) is 30.8 Å². The van der Waals surface area contributed by atoms with Gasteiger partial charge in [-0.1, -0.05) is 41.9 Å². The molecule has 0 bridgehead atoms. The number of nitrogens with one attached hydrogen (secondary N) is 3. The molecule has 1 spiro atoms. The second kappa shape index (κ2) is 10.2. The molecule has 1 saturated heterocycles. The highest BCUT2D eigenvalue weighted by Gasteiger charge is 2.49. The number of amides is 3. The number of aromatic nitrogens is 2. The maximum atomic E-state index is 14.2. The molecule has 0 unspecified atom stereocenters. The number of hydrogen-bond acceptors (Lipinski definition) is 6. The van der Waals surface area contributed by atoms with Gasteiger partial charge in [-0.05, 0) is 48.4 Å². The monoisotopic (exact) mass is 559 g/mol. The molecule has 2 aliphatic heterocycles. The van der Waals surface area contributed by atoms with Gasteiger partial charge in [0.2, 0.25) is 5.91 Å². The lowest BCUT2D eigenvalue weighted by Gasteiger charge is -2.35. The van der Waals surface area contributed by atoms with Gasteiger partial charge in [-0.25, -0.2) is 14.6 Å². The molecule has 3 heterocycles. The van der Waals surface area contributed by atoms with Crippen molar-refractivity contribution in [1.82, 2.24) is 14.9 Å². The molecule has 204 valence electrons. The molecule has 40 heavy (non-hydrogen) atoms. The lowest BCUT2D eigenvalue weighted by molar-refractivity contribution is -0.133. The molecule has 1 aromatic heterocycles. The third-order valence-corrected chi connectivity index (χ3v) is 7.62. The Morgan fingerprint density at radius 1 is 1.18 bits per heavy atom. The zero-order valence-electron chi connectivity index (χ0n) is 21.6. The topological polar surface area (TPSA) is 126 Å². The number of fused-ring (bicyclic) bond motifs is 3. The summed E-state index contributed by atoms with van der Waals surface area (Å²) in [5, 5.41) is 5.89. The minimum atomic E-state index is -0.988. The Morgan fingerprint density at radius 2 is 2.00 bits per heavy atom. The second-order valence-electron chi connectivity index (χ2n) is 9.92. The van der Waals surface area contributed by atoms with Crippen LogP contribution in [0.15, 0.2) is 66.7 Å². The molecule has 2 aliphatic rings. The highest BCUT2D eigenvalue weighted by molar-refractivity contribution is 6.30. The van der Waals surface area contributed by atoms with Gasteiger partial charge < -0.3 is 19.4 Å². The van der Waals surface area contributed by atoms with E-state index in [0.717, 1.165) is 11.1 Å². The van der Waals surface area contributed by atoms with Gasteiger partial charge in [0.15, 0.2) is 5.60 Å². The number of carbonyl (C=O) groups excluding carboxylic acids is 3. The van der Waals surface area contributed by atoms with Crippen LogP contribution in [0.4, 0.5) is 21.0 Å². The number of likely N-dealkylation sites (tertiary alicyclic amines) is 1. The van der Waals surface area contributed by atoms with Crippen molar-refractivity contribution in [3.8, 4) is 0 Å². The predicted molar refractivity (Wildman–Crippen MR) is 149 cm³/mol. The molecule has 6 rings (SSSR count). The fourth-order valence-electron chi connectivity index (χ4n) is 5.46. The van der Waals surface area contributed by atoms with Crippen molar-refractivity contribution in [2.45, 2.75) is 24.4 Å². The van der Waals surface area contributed by atoms with Gasteiger partial charge in [0.05, 0.1) is 30.4 Å².